The van der Waals surface area contributed by atoms with Crippen molar-refractivity contribution in [1.82, 2.24) is 15.0 Å². The molecule has 0 radical (unpaired) electrons. The number of aromatic nitrogens is 3. The third-order valence-corrected chi connectivity index (χ3v) is 4.79. The summed E-state index contributed by atoms with van der Waals surface area (Å²) in [5, 5.41) is 4.49. The second-order valence-electron chi connectivity index (χ2n) is 7.11. The first-order valence-electron chi connectivity index (χ1n) is 9.28. The molecule has 1 aliphatic heterocycles. The van der Waals surface area contributed by atoms with E-state index in [1.165, 1.54) is 0 Å². The minimum atomic E-state index is -0.249. The second-order valence-corrected chi connectivity index (χ2v) is 7.11. The Bertz CT molecular complexity index is 904. The van der Waals surface area contributed by atoms with Gasteiger partial charge in [-0.2, -0.15) is 0 Å². The van der Waals surface area contributed by atoms with Crippen LogP contribution in [0.5, 0.6) is 0 Å². The average molecular weight is 364 g/mol. The molecule has 7 heteroatoms. The summed E-state index contributed by atoms with van der Waals surface area (Å²) >= 11 is 0. The van der Waals surface area contributed by atoms with Crippen LogP contribution in [0.3, 0.4) is 0 Å². The van der Waals surface area contributed by atoms with Gasteiger partial charge >= 0.3 is 0 Å². The highest BCUT2D eigenvalue weighted by molar-refractivity contribution is 5.82. The van der Waals surface area contributed by atoms with Gasteiger partial charge in [-0.1, -0.05) is 0 Å². The number of hydrogen-bond donors (Lipinski definition) is 2. The number of rotatable bonds is 5. The summed E-state index contributed by atoms with van der Waals surface area (Å²) in [4.78, 5) is 28.4. The van der Waals surface area contributed by atoms with Crippen LogP contribution in [0.15, 0.2) is 42.7 Å². The van der Waals surface area contributed by atoms with Crippen molar-refractivity contribution in [1.29, 1.82) is 0 Å². The van der Waals surface area contributed by atoms with Crippen molar-refractivity contribution in [3.05, 3.63) is 42.7 Å². The van der Waals surface area contributed by atoms with Crippen molar-refractivity contribution in [2.75, 3.05) is 34.8 Å². The molecule has 1 atom stereocenters. The molecule has 3 aromatic heterocycles. The van der Waals surface area contributed by atoms with E-state index in [1.54, 1.807) is 12.4 Å². The van der Waals surface area contributed by atoms with Gasteiger partial charge in [0.2, 0.25) is 0 Å². The molecule has 0 bridgehead atoms. The molecule has 4 rings (SSSR count). The van der Waals surface area contributed by atoms with Crippen molar-refractivity contribution >= 4 is 34.6 Å². The van der Waals surface area contributed by atoms with Gasteiger partial charge in [-0.25, -0.2) is 9.97 Å². The van der Waals surface area contributed by atoms with Gasteiger partial charge in [-0.15, -0.1) is 0 Å². The third-order valence-electron chi connectivity index (χ3n) is 4.79. The van der Waals surface area contributed by atoms with Crippen molar-refractivity contribution in [2.45, 2.75) is 25.9 Å². The molecule has 27 heavy (non-hydrogen) atoms. The third kappa shape index (κ3) is 3.45. The fourth-order valence-corrected chi connectivity index (χ4v) is 3.59. The summed E-state index contributed by atoms with van der Waals surface area (Å²) in [5.74, 6) is 1.83. The number of nitrogens with zero attached hydrogens (tertiary/aromatic N) is 4. The first-order valence-corrected chi connectivity index (χ1v) is 9.28. The van der Waals surface area contributed by atoms with E-state index in [-0.39, 0.29) is 6.04 Å². The van der Waals surface area contributed by atoms with E-state index in [1.807, 2.05) is 24.3 Å². The Kier molecular flexibility index (Phi) is 4.66. The Morgan fingerprint density at radius 1 is 1.22 bits per heavy atom. The molecule has 4 heterocycles. The quantitative estimate of drug-likeness (QED) is 0.678. The monoisotopic (exact) mass is 364 g/mol. The predicted octanol–water partition coefficient (Wildman–Crippen LogP) is 2.67. The number of carbonyl (C=O) groups excluding carboxylic acids is 1. The number of aromatic amines is 1. The fourth-order valence-electron chi connectivity index (χ4n) is 3.59. The second kappa shape index (κ2) is 7.26. The number of hydrogen-bond acceptors (Lipinski definition) is 6. The van der Waals surface area contributed by atoms with E-state index in [0.29, 0.717) is 12.6 Å². The molecule has 140 valence electrons. The molecule has 1 aliphatic rings. The van der Waals surface area contributed by atoms with Gasteiger partial charge in [0.05, 0.1) is 5.69 Å². The molecule has 0 saturated carbocycles. The molecular formula is C20H24N6O. The Hall–Kier alpha value is -3.09. The normalized spacial score (nSPS) is 17.5. The molecule has 0 spiro atoms. The van der Waals surface area contributed by atoms with Gasteiger partial charge in [0.25, 0.3) is 0 Å². The number of nitrogens with one attached hydrogen (secondary N) is 2. The van der Waals surface area contributed by atoms with E-state index >= 15 is 0 Å². The fraction of sp³-hybridized carbons (Fsp3) is 0.350. The highest BCUT2D eigenvalue weighted by Gasteiger charge is 2.29. The maximum Gasteiger partial charge on any atom is 0.152 e. The van der Waals surface area contributed by atoms with Crippen LogP contribution in [0, 0.1) is 0 Å². The summed E-state index contributed by atoms with van der Waals surface area (Å²) in [5.41, 5.74) is 1.84. The van der Waals surface area contributed by atoms with Crippen molar-refractivity contribution < 1.29 is 4.79 Å². The topological polar surface area (TPSA) is 77.2 Å². The van der Waals surface area contributed by atoms with E-state index in [0.717, 1.165) is 47.7 Å². The standard InChI is InChI=1S/C20H24N6O/c1-14(2)23-17-6-4-8-22-20(17)25-9-10-26(16(12-25)13-27)18-11-15-5-3-7-21-19(15)24-18/h3-8,11,13-14,16,23H,9-10,12H2,1-2H3,(H,21,24). The smallest absolute Gasteiger partial charge is 0.152 e. The number of piperazine rings is 1. The first kappa shape index (κ1) is 17.3. The molecule has 1 fully saturated rings. The van der Waals surface area contributed by atoms with Crippen LogP contribution in [0.4, 0.5) is 17.3 Å². The minimum absolute atomic E-state index is 0.249. The lowest BCUT2D eigenvalue weighted by molar-refractivity contribution is -0.109. The number of carbonyl (C=O) groups is 1. The Morgan fingerprint density at radius 2 is 2.04 bits per heavy atom. The maximum atomic E-state index is 11.9. The number of anilines is 3. The van der Waals surface area contributed by atoms with Gasteiger partial charge in [0.1, 0.15) is 23.8 Å². The summed E-state index contributed by atoms with van der Waals surface area (Å²) in [6.45, 7) is 6.32. The molecule has 1 unspecified atom stereocenters. The summed E-state index contributed by atoms with van der Waals surface area (Å²) in [6.07, 6.45) is 4.58. The Morgan fingerprint density at radius 3 is 2.81 bits per heavy atom. The molecule has 0 amide bonds. The zero-order valence-electron chi connectivity index (χ0n) is 15.6. The highest BCUT2D eigenvalue weighted by Crippen LogP contribution is 2.28. The first-order chi connectivity index (χ1) is 13.2. The number of pyridine rings is 2. The molecule has 0 aromatic carbocycles. The summed E-state index contributed by atoms with van der Waals surface area (Å²) in [6, 6.07) is 10.0. The van der Waals surface area contributed by atoms with Crippen molar-refractivity contribution in [3.63, 3.8) is 0 Å². The van der Waals surface area contributed by atoms with Gasteiger partial charge in [0.15, 0.2) is 5.82 Å². The van der Waals surface area contributed by atoms with Crippen LogP contribution in [-0.4, -0.2) is 53.0 Å². The van der Waals surface area contributed by atoms with Crippen LogP contribution in [0.2, 0.25) is 0 Å². The van der Waals surface area contributed by atoms with Gasteiger partial charge in [0, 0.05) is 43.5 Å². The number of fused-ring (bicyclic) bond motifs is 1. The zero-order chi connectivity index (χ0) is 18.8. The Labute approximate surface area is 158 Å². The van der Waals surface area contributed by atoms with Crippen LogP contribution in [0.25, 0.3) is 11.0 Å². The molecule has 0 aliphatic carbocycles. The minimum Gasteiger partial charge on any atom is -0.380 e. The van der Waals surface area contributed by atoms with E-state index in [9.17, 15) is 4.79 Å². The van der Waals surface area contributed by atoms with E-state index in [4.69, 9.17) is 0 Å². The molecule has 2 N–H and O–H groups in total. The predicted molar refractivity (Wildman–Crippen MR) is 109 cm³/mol. The number of aldehydes is 1. The van der Waals surface area contributed by atoms with Crippen molar-refractivity contribution in [3.8, 4) is 0 Å². The average Bonchev–Trinajstić information content (AvgIpc) is 3.11. The zero-order valence-corrected chi connectivity index (χ0v) is 15.6. The van der Waals surface area contributed by atoms with E-state index < -0.39 is 0 Å². The van der Waals surface area contributed by atoms with E-state index in [2.05, 4.69) is 50.0 Å². The maximum absolute atomic E-state index is 11.9. The van der Waals surface area contributed by atoms with Gasteiger partial charge in [-0.3, -0.25) is 0 Å². The van der Waals surface area contributed by atoms with Gasteiger partial charge in [-0.05, 0) is 44.2 Å². The largest absolute Gasteiger partial charge is 0.380 e. The lowest BCUT2D eigenvalue weighted by atomic mass is 10.1. The highest BCUT2D eigenvalue weighted by atomic mass is 16.1. The lowest BCUT2D eigenvalue weighted by Gasteiger charge is -2.40. The van der Waals surface area contributed by atoms with Crippen LogP contribution in [0.1, 0.15) is 13.8 Å². The molecule has 1 saturated heterocycles. The summed E-state index contributed by atoms with van der Waals surface area (Å²) in [7, 11) is 0. The lowest BCUT2D eigenvalue weighted by Crippen LogP contribution is -2.54. The van der Waals surface area contributed by atoms with Crippen molar-refractivity contribution in [2.24, 2.45) is 0 Å². The molecule has 7 nitrogen and oxygen atoms in total. The molecule has 3 aromatic rings. The Balaban J connectivity index is 1.58. The van der Waals surface area contributed by atoms with Crippen LogP contribution < -0.4 is 15.1 Å². The van der Waals surface area contributed by atoms with Crippen LogP contribution in [-0.2, 0) is 4.79 Å². The SMILES string of the molecule is CC(C)Nc1cccnc1N1CCN(c2cc3cccnc3[nH]2)C(C=O)C1. The molecular weight excluding hydrogens is 340 g/mol. The van der Waals surface area contributed by atoms with Crippen LogP contribution >= 0.6 is 0 Å². The summed E-state index contributed by atoms with van der Waals surface area (Å²) < 4.78 is 0. The number of H-pyrrole nitrogens is 1. The van der Waals surface area contributed by atoms with Gasteiger partial charge < -0.3 is 24.9 Å².